The van der Waals surface area contributed by atoms with E-state index in [1.165, 1.54) is 6.42 Å². The van der Waals surface area contributed by atoms with Crippen molar-refractivity contribution in [1.82, 2.24) is 0 Å². The Labute approximate surface area is 57.1 Å². The molecule has 0 saturated heterocycles. The van der Waals surface area contributed by atoms with Gasteiger partial charge in [0.05, 0.1) is 0 Å². The third-order valence-electron chi connectivity index (χ3n) is 2.56. The first-order chi connectivity index (χ1) is 4.08. The third kappa shape index (κ3) is 1.26. The highest BCUT2D eigenvalue weighted by Crippen LogP contribution is 2.55. The fourth-order valence-electron chi connectivity index (χ4n) is 1.61. The van der Waals surface area contributed by atoms with Crippen molar-refractivity contribution in [2.24, 2.45) is 17.3 Å². The fraction of sp³-hybridized carbons (Fsp3) is 1.00. The first-order valence-corrected chi connectivity index (χ1v) is 3.69. The fourth-order valence-corrected chi connectivity index (χ4v) is 1.61. The average Bonchev–Trinajstić information content (AvgIpc) is 2.38. The molecule has 9 heavy (non-hydrogen) atoms. The number of hydrogen-bond acceptors (Lipinski definition) is 1. The molecule has 0 aromatic rings. The molecule has 1 aliphatic rings. The van der Waals surface area contributed by atoms with E-state index < -0.39 is 0 Å². The van der Waals surface area contributed by atoms with Crippen molar-refractivity contribution in [2.75, 3.05) is 6.61 Å². The molecule has 0 bridgehead atoms. The van der Waals surface area contributed by atoms with Crippen molar-refractivity contribution >= 4 is 0 Å². The van der Waals surface area contributed by atoms with Crippen molar-refractivity contribution in [1.29, 1.82) is 0 Å². The molecule has 1 heteroatoms. The maximum absolute atomic E-state index is 8.78. The van der Waals surface area contributed by atoms with Crippen LogP contribution >= 0.6 is 0 Å². The summed E-state index contributed by atoms with van der Waals surface area (Å²) < 4.78 is 0. The zero-order valence-electron chi connectivity index (χ0n) is 6.52. The molecule has 0 heterocycles. The smallest absolute Gasteiger partial charge is 0.0459 e. The summed E-state index contributed by atoms with van der Waals surface area (Å²) in [6.45, 7) is 7.02. The Morgan fingerprint density at radius 1 is 1.67 bits per heavy atom. The molecule has 0 aromatic heterocycles. The first kappa shape index (κ1) is 7.07. The highest BCUT2D eigenvalue weighted by molar-refractivity contribution is 4.97. The van der Waals surface area contributed by atoms with Crippen molar-refractivity contribution in [2.45, 2.75) is 27.2 Å². The van der Waals surface area contributed by atoms with Crippen LogP contribution in [-0.2, 0) is 0 Å². The van der Waals surface area contributed by atoms with Gasteiger partial charge in [-0.05, 0) is 23.7 Å². The number of rotatable bonds is 2. The Hall–Kier alpha value is -0.0400. The van der Waals surface area contributed by atoms with Crippen LogP contribution in [0.15, 0.2) is 0 Å². The maximum Gasteiger partial charge on any atom is 0.0459 e. The second-order valence-corrected chi connectivity index (χ2v) is 3.96. The van der Waals surface area contributed by atoms with E-state index in [2.05, 4.69) is 20.8 Å². The van der Waals surface area contributed by atoms with Crippen LogP contribution in [-0.4, -0.2) is 11.7 Å². The van der Waals surface area contributed by atoms with Gasteiger partial charge in [-0.1, -0.05) is 20.8 Å². The van der Waals surface area contributed by atoms with Crippen molar-refractivity contribution in [3.8, 4) is 0 Å². The van der Waals surface area contributed by atoms with Crippen molar-refractivity contribution in [3.05, 3.63) is 0 Å². The first-order valence-electron chi connectivity index (χ1n) is 3.69. The quantitative estimate of drug-likeness (QED) is 0.599. The van der Waals surface area contributed by atoms with Crippen LogP contribution in [0.3, 0.4) is 0 Å². The molecule has 1 saturated carbocycles. The normalized spacial score (nSPS) is 34.0. The number of aliphatic hydroxyl groups excluding tert-OH is 1. The van der Waals surface area contributed by atoms with Crippen LogP contribution in [0.2, 0.25) is 0 Å². The van der Waals surface area contributed by atoms with E-state index in [4.69, 9.17) is 5.11 Å². The lowest BCUT2D eigenvalue weighted by molar-refractivity contribution is 0.210. The Balaban J connectivity index is 2.33. The minimum absolute atomic E-state index is 0.355. The van der Waals surface area contributed by atoms with Crippen LogP contribution in [0, 0.1) is 17.3 Å². The molecule has 1 aliphatic carbocycles. The third-order valence-corrected chi connectivity index (χ3v) is 2.56. The van der Waals surface area contributed by atoms with E-state index in [0.29, 0.717) is 17.9 Å². The lowest BCUT2D eigenvalue weighted by atomic mass is 10.0. The van der Waals surface area contributed by atoms with Gasteiger partial charge in [-0.25, -0.2) is 0 Å². The van der Waals surface area contributed by atoms with Gasteiger partial charge in [0, 0.05) is 6.61 Å². The van der Waals surface area contributed by atoms with Gasteiger partial charge < -0.3 is 5.11 Å². The van der Waals surface area contributed by atoms with E-state index in [-0.39, 0.29) is 0 Å². The molecule has 1 fully saturated rings. The molecule has 1 nitrogen and oxygen atoms in total. The van der Waals surface area contributed by atoms with E-state index in [1.54, 1.807) is 0 Å². The predicted octanol–water partition coefficient (Wildman–Crippen LogP) is 1.66. The molecule has 1 N–H and O–H groups in total. The lowest BCUT2D eigenvalue weighted by Crippen LogP contribution is -2.06. The minimum Gasteiger partial charge on any atom is -0.396 e. The summed E-state index contributed by atoms with van der Waals surface area (Å²) in [6, 6.07) is 0. The second kappa shape index (κ2) is 1.98. The minimum atomic E-state index is 0.355. The molecular formula is C8H16O. The molecule has 54 valence electrons. The van der Waals surface area contributed by atoms with Gasteiger partial charge in [0.15, 0.2) is 0 Å². The van der Waals surface area contributed by atoms with Gasteiger partial charge in [0.2, 0.25) is 0 Å². The summed E-state index contributed by atoms with van der Waals surface area (Å²) in [5, 5.41) is 8.78. The van der Waals surface area contributed by atoms with Crippen molar-refractivity contribution in [3.63, 3.8) is 0 Å². The monoisotopic (exact) mass is 128 g/mol. The second-order valence-electron chi connectivity index (χ2n) is 3.96. The summed E-state index contributed by atoms with van der Waals surface area (Å²) in [7, 11) is 0. The predicted molar refractivity (Wildman–Crippen MR) is 38.1 cm³/mol. The van der Waals surface area contributed by atoms with Gasteiger partial charge in [-0.3, -0.25) is 0 Å². The SMILES string of the molecule is CC(CO)C1CC1(C)C. The maximum atomic E-state index is 8.78. The Kier molecular flexibility index (Phi) is 1.55. The summed E-state index contributed by atoms with van der Waals surface area (Å²) >= 11 is 0. The molecular weight excluding hydrogens is 112 g/mol. The molecule has 0 aromatic carbocycles. The number of hydrogen-bond donors (Lipinski definition) is 1. The largest absolute Gasteiger partial charge is 0.396 e. The molecule has 0 spiro atoms. The highest BCUT2D eigenvalue weighted by atomic mass is 16.3. The summed E-state index contributed by atoms with van der Waals surface area (Å²) in [5.41, 5.74) is 0.530. The molecule has 1 rings (SSSR count). The number of aliphatic hydroxyl groups is 1. The summed E-state index contributed by atoms with van der Waals surface area (Å²) in [4.78, 5) is 0. The molecule has 0 radical (unpaired) electrons. The zero-order valence-corrected chi connectivity index (χ0v) is 6.52. The molecule has 2 unspecified atom stereocenters. The Bertz CT molecular complexity index is 107. The van der Waals surface area contributed by atoms with Gasteiger partial charge in [-0.15, -0.1) is 0 Å². The molecule has 0 amide bonds. The van der Waals surface area contributed by atoms with Crippen LogP contribution in [0.5, 0.6) is 0 Å². The highest BCUT2D eigenvalue weighted by Gasteiger charge is 2.47. The van der Waals surface area contributed by atoms with Crippen LogP contribution in [0.1, 0.15) is 27.2 Å². The summed E-state index contributed by atoms with van der Waals surface area (Å²) in [5.74, 6) is 1.29. The lowest BCUT2D eigenvalue weighted by Gasteiger charge is -2.08. The standard InChI is InChI=1S/C8H16O/c1-6(5-9)7-4-8(7,2)3/h6-7,9H,4-5H2,1-3H3. The van der Waals surface area contributed by atoms with Crippen LogP contribution in [0.4, 0.5) is 0 Å². The Morgan fingerprint density at radius 2 is 2.11 bits per heavy atom. The summed E-state index contributed by atoms with van der Waals surface area (Å²) in [6.07, 6.45) is 1.30. The van der Waals surface area contributed by atoms with E-state index >= 15 is 0 Å². The van der Waals surface area contributed by atoms with Crippen molar-refractivity contribution < 1.29 is 5.11 Å². The van der Waals surface area contributed by atoms with Gasteiger partial charge >= 0.3 is 0 Å². The zero-order chi connectivity index (χ0) is 7.07. The van der Waals surface area contributed by atoms with Gasteiger partial charge in [0.25, 0.3) is 0 Å². The average molecular weight is 128 g/mol. The van der Waals surface area contributed by atoms with Gasteiger partial charge in [-0.2, -0.15) is 0 Å². The van der Waals surface area contributed by atoms with Crippen LogP contribution in [0.25, 0.3) is 0 Å². The van der Waals surface area contributed by atoms with E-state index in [1.807, 2.05) is 0 Å². The van der Waals surface area contributed by atoms with E-state index in [9.17, 15) is 0 Å². The molecule has 2 atom stereocenters. The van der Waals surface area contributed by atoms with Crippen LogP contribution < -0.4 is 0 Å². The Morgan fingerprint density at radius 3 is 2.22 bits per heavy atom. The molecule has 0 aliphatic heterocycles. The topological polar surface area (TPSA) is 20.2 Å². The van der Waals surface area contributed by atoms with Gasteiger partial charge in [0.1, 0.15) is 0 Å². The van der Waals surface area contributed by atoms with E-state index in [0.717, 1.165) is 5.92 Å².